The molecule has 31 heavy (non-hydrogen) atoms. The van der Waals surface area contributed by atoms with E-state index in [1.807, 2.05) is 30.3 Å². The number of nitrogens with one attached hydrogen (secondary N) is 2. The van der Waals surface area contributed by atoms with Crippen molar-refractivity contribution in [2.45, 2.75) is 6.42 Å². The van der Waals surface area contributed by atoms with E-state index in [1.165, 1.54) is 18.5 Å². The summed E-state index contributed by atoms with van der Waals surface area (Å²) < 4.78 is 13.2. The Balaban J connectivity index is 1.35. The number of hydrazine groups is 1. The molecule has 8 nitrogen and oxygen atoms in total. The van der Waals surface area contributed by atoms with Crippen LogP contribution in [0.5, 0.6) is 0 Å². The standard InChI is InChI=1S/C22H24FN7O/c23-17-6-8-18(9-7-17)29-10-12-30(13-11-29)22-20(24)21(25-15-26-22)28-27-19(31)14-16-4-2-1-3-5-16/h1-9,15H,10-14,24H2,(H,27,31)(H,25,26,28). The van der Waals surface area contributed by atoms with E-state index in [9.17, 15) is 9.18 Å². The number of nitrogens with two attached hydrogens (primary N) is 1. The zero-order valence-electron chi connectivity index (χ0n) is 17.0. The lowest BCUT2D eigenvalue weighted by Crippen LogP contribution is -2.47. The first kappa shape index (κ1) is 20.4. The number of anilines is 4. The Hall–Kier alpha value is -3.88. The van der Waals surface area contributed by atoms with E-state index in [2.05, 4.69) is 30.6 Å². The summed E-state index contributed by atoms with van der Waals surface area (Å²) in [6.45, 7) is 2.92. The highest BCUT2D eigenvalue weighted by atomic mass is 19.1. The van der Waals surface area contributed by atoms with Gasteiger partial charge < -0.3 is 15.5 Å². The van der Waals surface area contributed by atoms with Gasteiger partial charge in [-0.2, -0.15) is 0 Å². The van der Waals surface area contributed by atoms with Gasteiger partial charge >= 0.3 is 0 Å². The second-order valence-electron chi connectivity index (χ2n) is 7.25. The average molecular weight is 421 g/mol. The van der Waals surface area contributed by atoms with Crippen molar-refractivity contribution >= 4 is 28.9 Å². The molecular formula is C22H24FN7O. The lowest BCUT2D eigenvalue weighted by atomic mass is 10.1. The fraction of sp³-hybridized carbons (Fsp3) is 0.227. The van der Waals surface area contributed by atoms with E-state index >= 15 is 0 Å². The second-order valence-corrected chi connectivity index (χ2v) is 7.25. The molecule has 0 spiro atoms. The summed E-state index contributed by atoms with van der Waals surface area (Å²) in [4.78, 5) is 24.9. The van der Waals surface area contributed by atoms with Gasteiger partial charge in [-0.3, -0.25) is 15.6 Å². The molecule has 3 aromatic rings. The quantitative estimate of drug-likeness (QED) is 0.525. The number of benzene rings is 2. The molecule has 2 aromatic carbocycles. The van der Waals surface area contributed by atoms with Crippen LogP contribution in [-0.4, -0.2) is 42.1 Å². The SMILES string of the molecule is Nc1c(NNC(=O)Cc2ccccc2)ncnc1N1CCN(c2ccc(F)cc2)CC1. The van der Waals surface area contributed by atoms with Crippen LogP contribution in [0.15, 0.2) is 60.9 Å². The molecule has 2 heterocycles. The minimum Gasteiger partial charge on any atom is -0.393 e. The van der Waals surface area contributed by atoms with Crippen molar-refractivity contribution in [1.29, 1.82) is 0 Å². The smallest absolute Gasteiger partial charge is 0.242 e. The van der Waals surface area contributed by atoms with E-state index in [0.29, 0.717) is 30.4 Å². The third-order valence-electron chi connectivity index (χ3n) is 5.16. The number of piperazine rings is 1. The van der Waals surface area contributed by atoms with Crippen LogP contribution in [0.2, 0.25) is 0 Å². The first-order chi connectivity index (χ1) is 15.1. The van der Waals surface area contributed by atoms with Gasteiger partial charge in [0.15, 0.2) is 11.6 Å². The summed E-state index contributed by atoms with van der Waals surface area (Å²) in [5.41, 5.74) is 14.0. The Labute approximate surface area is 179 Å². The maximum atomic E-state index is 13.2. The van der Waals surface area contributed by atoms with Crippen molar-refractivity contribution in [1.82, 2.24) is 15.4 Å². The largest absolute Gasteiger partial charge is 0.393 e. The van der Waals surface area contributed by atoms with Gasteiger partial charge in [0, 0.05) is 31.9 Å². The number of nitrogens with zero attached hydrogens (tertiary/aromatic N) is 4. The molecule has 1 aliphatic heterocycles. The molecule has 0 aliphatic carbocycles. The molecule has 1 aliphatic rings. The summed E-state index contributed by atoms with van der Waals surface area (Å²) in [6, 6.07) is 16.0. The highest BCUT2D eigenvalue weighted by molar-refractivity contribution is 5.82. The van der Waals surface area contributed by atoms with Crippen LogP contribution in [-0.2, 0) is 11.2 Å². The molecule has 0 unspecified atom stereocenters. The number of halogens is 1. The Bertz CT molecular complexity index is 1020. The highest BCUT2D eigenvalue weighted by Gasteiger charge is 2.21. The average Bonchev–Trinajstić information content (AvgIpc) is 2.80. The first-order valence-corrected chi connectivity index (χ1v) is 10.0. The van der Waals surface area contributed by atoms with Gasteiger partial charge in [0.2, 0.25) is 5.91 Å². The van der Waals surface area contributed by atoms with Crippen LogP contribution < -0.4 is 26.4 Å². The van der Waals surface area contributed by atoms with E-state index < -0.39 is 0 Å². The van der Waals surface area contributed by atoms with Gasteiger partial charge in [0.05, 0.1) is 6.42 Å². The molecule has 1 aromatic heterocycles. The van der Waals surface area contributed by atoms with Crippen molar-refractivity contribution in [2.75, 3.05) is 47.1 Å². The zero-order chi connectivity index (χ0) is 21.6. The molecule has 9 heteroatoms. The van der Waals surface area contributed by atoms with Gasteiger partial charge in [-0.15, -0.1) is 0 Å². The minimum atomic E-state index is -0.243. The molecule has 0 saturated carbocycles. The van der Waals surface area contributed by atoms with Crippen molar-refractivity contribution in [3.63, 3.8) is 0 Å². The van der Waals surface area contributed by atoms with Crippen LogP contribution >= 0.6 is 0 Å². The fourth-order valence-corrected chi connectivity index (χ4v) is 3.52. The number of hydrogen-bond acceptors (Lipinski definition) is 7. The molecule has 1 fully saturated rings. The molecule has 0 radical (unpaired) electrons. The number of carbonyl (C=O) groups is 1. The van der Waals surface area contributed by atoms with Crippen molar-refractivity contribution in [3.8, 4) is 0 Å². The van der Waals surface area contributed by atoms with E-state index in [4.69, 9.17) is 5.73 Å². The molecule has 4 rings (SSSR count). The van der Waals surface area contributed by atoms with E-state index in [1.54, 1.807) is 12.1 Å². The lowest BCUT2D eigenvalue weighted by Gasteiger charge is -2.37. The van der Waals surface area contributed by atoms with Gasteiger partial charge in [0.25, 0.3) is 0 Å². The summed E-state index contributed by atoms with van der Waals surface area (Å²) in [5.74, 6) is 0.534. The maximum absolute atomic E-state index is 13.2. The van der Waals surface area contributed by atoms with Crippen molar-refractivity contribution < 1.29 is 9.18 Å². The highest BCUT2D eigenvalue weighted by Crippen LogP contribution is 2.27. The Morgan fingerprint density at radius 2 is 1.65 bits per heavy atom. The zero-order valence-corrected chi connectivity index (χ0v) is 17.0. The number of carbonyl (C=O) groups excluding carboxylic acids is 1. The predicted octanol–water partition coefficient (Wildman–Crippen LogP) is 2.21. The molecule has 0 atom stereocenters. The van der Waals surface area contributed by atoms with E-state index in [-0.39, 0.29) is 18.1 Å². The summed E-state index contributed by atoms with van der Waals surface area (Å²) >= 11 is 0. The van der Waals surface area contributed by atoms with Gasteiger partial charge in [-0.05, 0) is 29.8 Å². The Morgan fingerprint density at radius 3 is 2.35 bits per heavy atom. The van der Waals surface area contributed by atoms with Crippen LogP contribution in [0.3, 0.4) is 0 Å². The van der Waals surface area contributed by atoms with Crippen LogP contribution in [0.25, 0.3) is 0 Å². The summed E-state index contributed by atoms with van der Waals surface area (Å²) in [7, 11) is 0. The van der Waals surface area contributed by atoms with Crippen molar-refractivity contribution in [3.05, 3.63) is 72.3 Å². The van der Waals surface area contributed by atoms with Gasteiger partial charge in [0.1, 0.15) is 17.8 Å². The lowest BCUT2D eigenvalue weighted by molar-refractivity contribution is -0.119. The van der Waals surface area contributed by atoms with Gasteiger partial charge in [-0.1, -0.05) is 30.3 Å². The number of rotatable bonds is 6. The van der Waals surface area contributed by atoms with Crippen LogP contribution in [0.1, 0.15) is 5.56 Å². The molecule has 1 saturated heterocycles. The third kappa shape index (κ3) is 5.00. The fourth-order valence-electron chi connectivity index (χ4n) is 3.52. The minimum absolute atomic E-state index is 0.196. The maximum Gasteiger partial charge on any atom is 0.242 e. The molecule has 1 amide bonds. The molecule has 0 bridgehead atoms. The third-order valence-corrected chi connectivity index (χ3v) is 5.16. The predicted molar refractivity (Wildman–Crippen MR) is 119 cm³/mol. The van der Waals surface area contributed by atoms with Crippen LogP contribution in [0.4, 0.5) is 27.4 Å². The monoisotopic (exact) mass is 421 g/mol. The molecule has 160 valence electrons. The Morgan fingerprint density at radius 1 is 0.968 bits per heavy atom. The number of nitrogen functional groups attached to an aromatic ring is 1. The Kier molecular flexibility index (Phi) is 6.11. The van der Waals surface area contributed by atoms with Crippen LogP contribution in [0, 0.1) is 5.82 Å². The molecular weight excluding hydrogens is 397 g/mol. The topological polar surface area (TPSA) is 99.4 Å². The summed E-state index contributed by atoms with van der Waals surface area (Å²) in [5, 5.41) is 0. The number of amides is 1. The molecule has 4 N–H and O–H groups in total. The van der Waals surface area contributed by atoms with E-state index in [0.717, 1.165) is 24.3 Å². The van der Waals surface area contributed by atoms with Crippen molar-refractivity contribution in [2.24, 2.45) is 0 Å². The first-order valence-electron chi connectivity index (χ1n) is 10.0. The number of hydrogen-bond donors (Lipinski definition) is 3. The summed E-state index contributed by atoms with van der Waals surface area (Å²) in [6.07, 6.45) is 1.67. The second kappa shape index (κ2) is 9.29. The number of aromatic nitrogens is 2. The normalized spacial score (nSPS) is 13.7. The van der Waals surface area contributed by atoms with Gasteiger partial charge in [-0.25, -0.2) is 14.4 Å².